The van der Waals surface area contributed by atoms with Crippen molar-refractivity contribution in [3.63, 3.8) is 0 Å². The summed E-state index contributed by atoms with van der Waals surface area (Å²) in [5.74, 6) is 1.76. The average molecular weight is 308 g/mol. The van der Waals surface area contributed by atoms with Gasteiger partial charge in [0.1, 0.15) is 5.82 Å². The minimum atomic E-state index is 0.0453. The lowest BCUT2D eigenvalue weighted by Gasteiger charge is -2.18. The Balaban J connectivity index is 1.32. The van der Waals surface area contributed by atoms with Crippen LogP contribution >= 0.6 is 12.2 Å². The first-order valence-electron chi connectivity index (χ1n) is 7.80. The molecule has 2 aliphatic heterocycles. The van der Waals surface area contributed by atoms with Gasteiger partial charge in [0.2, 0.25) is 5.91 Å². The molecule has 1 aromatic rings. The molecule has 6 nitrogen and oxygen atoms in total. The second-order valence-electron chi connectivity index (χ2n) is 6.32. The Kier molecular flexibility index (Phi) is 3.34. The van der Waals surface area contributed by atoms with Gasteiger partial charge in [0.15, 0.2) is 4.77 Å². The molecule has 1 amide bonds. The van der Waals surface area contributed by atoms with Gasteiger partial charge in [-0.3, -0.25) is 9.89 Å². The van der Waals surface area contributed by atoms with Crippen LogP contribution in [-0.2, 0) is 16.1 Å². The predicted octanol–water partition coefficient (Wildman–Crippen LogP) is 1.50. The molecule has 3 atom stereocenters. The summed E-state index contributed by atoms with van der Waals surface area (Å²) in [6.45, 7) is 1.29. The highest BCUT2D eigenvalue weighted by atomic mass is 32.1. The molecule has 3 fully saturated rings. The molecular weight excluding hydrogens is 288 g/mol. The molecule has 1 aromatic heterocycles. The van der Waals surface area contributed by atoms with Gasteiger partial charge in [0.25, 0.3) is 0 Å². The molecule has 0 radical (unpaired) electrons. The molecule has 2 bridgehead atoms. The van der Waals surface area contributed by atoms with Crippen molar-refractivity contribution >= 4 is 18.1 Å². The smallest absolute Gasteiger partial charge is 0.225 e. The van der Waals surface area contributed by atoms with Crippen LogP contribution < -0.4 is 5.32 Å². The summed E-state index contributed by atoms with van der Waals surface area (Å²) in [6.07, 6.45) is 5.87. The number of H-pyrrole nitrogens is 1. The van der Waals surface area contributed by atoms with Crippen LogP contribution in [0.5, 0.6) is 0 Å². The number of aromatic amines is 1. The standard InChI is InChI=1S/C14H20N4O2S/c19-13(10-7-9-3-4-11(10)20-9)15-5-6-18-12(8-1-2-8)16-17-14(18)21/h8-11H,1-7H2,(H,15,19)(H,17,21). The van der Waals surface area contributed by atoms with E-state index in [-0.39, 0.29) is 17.9 Å². The number of carbonyl (C=O) groups is 1. The third-order valence-corrected chi connectivity index (χ3v) is 5.12. The number of nitrogens with zero attached hydrogens (tertiary/aromatic N) is 2. The van der Waals surface area contributed by atoms with E-state index in [4.69, 9.17) is 17.0 Å². The summed E-state index contributed by atoms with van der Waals surface area (Å²) in [7, 11) is 0. The number of aromatic nitrogens is 3. The van der Waals surface area contributed by atoms with Crippen molar-refractivity contribution in [3.8, 4) is 0 Å². The number of hydrogen-bond acceptors (Lipinski definition) is 4. The first-order valence-corrected chi connectivity index (χ1v) is 8.21. The number of hydrogen-bond donors (Lipinski definition) is 2. The Labute approximate surface area is 128 Å². The van der Waals surface area contributed by atoms with Crippen LogP contribution in [0.1, 0.15) is 43.8 Å². The molecule has 0 aromatic carbocycles. The van der Waals surface area contributed by atoms with Crippen molar-refractivity contribution in [3.05, 3.63) is 10.6 Å². The van der Waals surface area contributed by atoms with Crippen molar-refractivity contribution < 1.29 is 9.53 Å². The molecule has 4 rings (SSSR count). The third kappa shape index (κ3) is 2.53. The zero-order valence-electron chi connectivity index (χ0n) is 11.9. The molecule has 0 spiro atoms. The lowest BCUT2D eigenvalue weighted by Crippen LogP contribution is -2.37. The molecule has 7 heteroatoms. The average Bonchev–Trinajstić information content (AvgIpc) is 2.93. The van der Waals surface area contributed by atoms with Crippen LogP contribution in [0.4, 0.5) is 0 Å². The van der Waals surface area contributed by atoms with Gasteiger partial charge in [-0.2, -0.15) is 5.10 Å². The number of amides is 1. The summed E-state index contributed by atoms with van der Waals surface area (Å²) in [6, 6.07) is 0. The highest BCUT2D eigenvalue weighted by molar-refractivity contribution is 7.71. The first-order chi connectivity index (χ1) is 10.2. The van der Waals surface area contributed by atoms with Crippen molar-refractivity contribution in [1.82, 2.24) is 20.1 Å². The van der Waals surface area contributed by atoms with Crippen molar-refractivity contribution in [1.29, 1.82) is 0 Å². The quantitative estimate of drug-likeness (QED) is 0.809. The molecule has 2 N–H and O–H groups in total. The van der Waals surface area contributed by atoms with E-state index in [0.717, 1.165) is 25.1 Å². The molecule has 114 valence electrons. The Bertz CT molecular complexity index is 606. The van der Waals surface area contributed by atoms with Gasteiger partial charge in [0.05, 0.1) is 18.1 Å². The van der Waals surface area contributed by atoms with E-state index in [1.165, 1.54) is 12.8 Å². The van der Waals surface area contributed by atoms with E-state index in [1.807, 2.05) is 4.57 Å². The summed E-state index contributed by atoms with van der Waals surface area (Å²) in [5.41, 5.74) is 0. The molecule has 3 unspecified atom stereocenters. The van der Waals surface area contributed by atoms with Crippen LogP contribution in [0.15, 0.2) is 0 Å². The SMILES string of the molecule is O=C(NCCn1c(C2CC2)n[nH]c1=S)C1CC2CCC1O2. The first kappa shape index (κ1) is 13.5. The van der Waals surface area contributed by atoms with E-state index in [9.17, 15) is 4.79 Å². The number of nitrogens with one attached hydrogen (secondary N) is 2. The molecule has 1 aliphatic carbocycles. The Morgan fingerprint density at radius 1 is 1.43 bits per heavy atom. The fourth-order valence-electron chi connectivity index (χ4n) is 3.53. The lowest BCUT2D eigenvalue weighted by atomic mass is 9.88. The van der Waals surface area contributed by atoms with Crippen molar-refractivity contribution in [2.75, 3.05) is 6.54 Å². The topological polar surface area (TPSA) is 71.9 Å². The largest absolute Gasteiger partial charge is 0.374 e. The zero-order valence-corrected chi connectivity index (χ0v) is 12.7. The Hall–Kier alpha value is -1.21. The second-order valence-corrected chi connectivity index (χ2v) is 6.71. The second kappa shape index (κ2) is 5.21. The minimum Gasteiger partial charge on any atom is -0.374 e. The Morgan fingerprint density at radius 2 is 2.29 bits per heavy atom. The van der Waals surface area contributed by atoms with Gasteiger partial charge in [-0.05, 0) is 44.3 Å². The number of carbonyl (C=O) groups excluding carboxylic acids is 1. The minimum absolute atomic E-state index is 0.0453. The lowest BCUT2D eigenvalue weighted by molar-refractivity contribution is -0.126. The monoisotopic (exact) mass is 308 g/mol. The molecule has 1 saturated carbocycles. The van der Waals surface area contributed by atoms with Crippen molar-refractivity contribution in [2.45, 2.75) is 56.8 Å². The van der Waals surface area contributed by atoms with E-state index in [2.05, 4.69) is 15.5 Å². The van der Waals surface area contributed by atoms with E-state index < -0.39 is 0 Å². The number of ether oxygens (including phenoxy) is 1. The summed E-state index contributed by atoms with van der Waals surface area (Å²) >= 11 is 5.26. The van der Waals surface area contributed by atoms with Gasteiger partial charge < -0.3 is 14.6 Å². The normalized spacial score (nSPS) is 30.8. The predicted molar refractivity (Wildman–Crippen MR) is 78.4 cm³/mol. The van der Waals surface area contributed by atoms with Gasteiger partial charge >= 0.3 is 0 Å². The molecule has 3 heterocycles. The van der Waals surface area contributed by atoms with Crippen molar-refractivity contribution in [2.24, 2.45) is 5.92 Å². The van der Waals surface area contributed by atoms with Gasteiger partial charge in [-0.25, -0.2) is 0 Å². The highest BCUT2D eigenvalue weighted by Gasteiger charge is 2.44. The molecule has 3 aliphatic rings. The molecule has 2 saturated heterocycles. The van der Waals surface area contributed by atoms with Crippen LogP contribution in [0, 0.1) is 10.7 Å². The summed E-state index contributed by atoms with van der Waals surface area (Å²) in [5, 5.41) is 10.2. The summed E-state index contributed by atoms with van der Waals surface area (Å²) < 4.78 is 8.40. The van der Waals surface area contributed by atoms with Gasteiger partial charge in [-0.15, -0.1) is 0 Å². The van der Waals surface area contributed by atoms with Crippen LogP contribution in [-0.4, -0.2) is 39.4 Å². The van der Waals surface area contributed by atoms with E-state index >= 15 is 0 Å². The third-order valence-electron chi connectivity index (χ3n) is 4.81. The van der Waals surface area contributed by atoms with Crippen LogP contribution in [0.3, 0.4) is 0 Å². The van der Waals surface area contributed by atoms with Crippen LogP contribution in [0.25, 0.3) is 0 Å². The highest BCUT2D eigenvalue weighted by Crippen LogP contribution is 2.39. The maximum Gasteiger partial charge on any atom is 0.225 e. The number of fused-ring (bicyclic) bond motifs is 2. The number of rotatable bonds is 5. The maximum absolute atomic E-state index is 12.2. The van der Waals surface area contributed by atoms with Gasteiger partial charge in [0, 0.05) is 19.0 Å². The van der Waals surface area contributed by atoms with E-state index in [0.29, 0.717) is 29.9 Å². The van der Waals surface area contributed by atoms with Gasteiger partial charge in [-0.1, -0.05) is 0 Å². The Morgan fingerprint density at radius 3 is 2.95 bits per heavy atom. The fraction of sp³-hybridized carbons (Fsp3) is 0.786. The van der Waals surface area contributed by atoms with E-state index in [1.54, 1.807) is 0 Å². The molecule has 21 heavy (non-hydrogen) atoms. The molecular formula is C14H20N4O2S. The summed E-state index contributed by atoms with van der Waals surface area (Å²) in [4.78, 5) is 12.2. The maximum atomic E-state index is 12.2. The zero-order chi connectivity index (χ0) is 14.4. The van der Waals surface area contributed by atoms with Crippen LogP contribution in [0.2, 0.25) is 0 Å². The fourth-order valence-corrected chi connectivity index (χ4v) is 3.77.